The number of aliphatic hydroxyl groups is 1. The minimum atomic E-state index is -0.139. The molecule has 0 aromatic carbocycles. The molecule has 2 heterocycles. The zero-order chi connectivity index (χ0) is 9.26. The SMILES string of the molecule is C[C@@H]1CN[C@H]([C@H](O)[C@@H]2CCNC2)C1. The van der Waals surface area contributed by atoms with Gasteiger partial charge in [0, 0.05) is 18.5 Å². The molecule has 0 saturated carbocycles. The largest absolute Gasteiger partial charge is 0.391 e. The van der Waals surface area contributed by atoms with Crippen LogP contribution in [0.1, 0.15) is 19.8 Å². The highest BCUT2D eigenvalue weighted by molar-refractivity contribution is 4.90. The van der Waals surface area contributed by atoms with Crippen molar-refractivity contribution in [2.45, 2.75) is 31.9 Å². The van der Waals surface area contributed by atoms with Gasteiger partial charge >= 0.3 is 0 Å². The molecule has 3 N–H and O–H groups in total. The quantitative estimate of drug-likeness (QED) is 0.564. The Labute approximate surface area is 79.9 Å². The van der Waals surface area contributed by atoms with Crippen molar-refractivity contribution in [2.75, 3.05) is 19.6 Å². The van der Waals surface area contributed by atoms with E-state index in [1.807, 2.05) is 0 Å². The standard InChI is InChI=1S/C10H20N2O/c1-7-4-9(12-5-7)10(13)8-2-3-11-6-8/h7-13H,2-6H2,1H3/t7-,8+,9-,10+/m0/s1. The van der Waals surface area contributed by atoms with Crippen LogP contribution in [0.3, 0.4) is 0 Å². The Bertz CT molecular complexity index is 168. The third kappa shape index (κ3) is 2.03. The van der Waals surface area contributed by atoms with E-state index >= 15 is 0 Å². The van der Waals surface area contributed by atoms with Crippen molar-refractivity contribution in [3.63, 3.8) is 0 Å². The fourth-order valence-electron chi connectivity index (χ4n) is 2.51. The molecular formula is C10H20N2O. The summed E-state index contributed by atoms with van der Waals surface area (Å²) in [7, 11) is 0. The molecule has 0 amide bonds. The minimum Gasteiger partial charge on any atom is -0.391 e. The Morgan fingerprint density at radius 3 is 2.77 bits per heavy atom. The van der Waals surface area contributed by atoms with Crippen LogP contribution in [0.25, 0.3) is 0 Å². The summed E-state index contributed by atoms with van der Waals surface area (Å²) in [5.74, 6) is 1.21. The molecule has 2 rings (SSSR count). The molecule has 0 radical (unpaired) electrons. The number of hydrogen-bond donors (Lipinski definition) is 3. The molecule has 76 valence electrons. The predicted octanol–water partition coefficient (Wildman–Crippen LogP) is -0.0452. The van der Waals surface area contributed by atoms with Gasteiger partial charge < -0.3 is 15.7 Å². The van der Waals surface area contributed by atoms with Gasteiger partial charge in [-0.3, -0.25) is 0 Å². The summed E-state index contributed by atoms with van der Waals surface area (Å²) in [6.07, 6.45) is 2.13. The second kappa shape index (κ2) is 3.95. The summed E-state index contributed by atoms with van der Waals surface area (Å²) in [6.45, 7) is 5.38. The molecule has 4 atom stereocenters. The summed E-state index contributed by atoms with van der Waals surface area (Å²) >= 11 is 0. The van der Waals surface area contributed by atoms with Crippen molar-refractivity contribution in [3.05, 3.63) is 0 Å². The molecule has 0 aromatic heterocycles. The first-order chi connectivity index (χ1) is 6.27. The van der Waals surface area contributed by atoms with Crippen molar-refractivity contribution in [1.82, 2.24) is 10.6 Å². The van der Waals surface area contributed by atoms with E-state index in [4.69, 9.17) is 0 Å². The zero-order valence-corrected chi connectivity index (χ0v) is 8.29. The average molecular weight is 184 g/mol. The van der Waals surface area contributed by atoms with Gasteiger partial charge in [-0.25, -0.2) is 0 Å². The van der Waals surface area contributed by atoms with Gasteiger partial charge in [0.1, 0.15) is 0 Å². The highest BCUT2D eigenvalue weighted by Crippen LogP contribution is 2.22. The van der Waals surface area contributed by atoms with E-state index in [2.05, 4.69) is 17.6 Å². The fraction of sp³-hybridized carbons (Fsp3) is 1.00. The van der Waals surface area contributed by atoms with Gasteiger partial charge in [-0.15, -0.1) is 0 Å². The van der Waals surface area contributed by atoms with Crippen molar-refractivity contribution in [2.24, 2.45) is 11.8 Å². The van der Waals surface area contributed by atoms with E-state index in [0.717, 1.165) is 38.4 Å². The average Bonchev–Trinajstić information content (AvgIpc) is 2.72. The van der Waals surface area contributed by atoms with E-state index in [1.165, 1.54) is 0 Å². The first-order valence-corrected chi connectivity index (χ1v) is 5.39. The fourth-order valence-corrected chi connectivity index (χ4v) is 2.51. The normalized spacial score (nSPS) is 42.5. The van der Waals surface area contributed by atoms with Gasteiger partial charge in [-0.2, -0.15) is 0 Å². The summed E-state index contributed by atoms with van der Waals surface area (Å²) in [4.78, 5) is 0. The first kappa shape index (κ1) is 9.44. The lowest BCUT2D eigenvalue weighted by atomic mass is 9.93. The molecule has 3 nitrogen and oxygen atoms in total. The minimum absolute atomic E-state index is 0.139. The summed E-state index contributed by atoms with van der Waals surface area (Å²) < 4.78 is 0. The molecule has 2 fully saturated rings. The topological polar surface area (TPSA) is 44.3 Å². The predicted molar refractivity (Wildman–Crippen MR) is 52.6 cm³/mol. The van der Waals surface area contributed by atoms with Gasteiger partial charge in [0.15, 0.2) is 0 Å². The molecule has 0 spiro atoms. The second-order valence-electron chi connectivity index (χ2n) is 4.60. The molecule has 13 heavy (non-hydrogen) atoms. The monoisotopic (exact) mass is 184 g/mol. The van der Waals surface area contributed by atoms with Crippen molar-refractivity contribution in [3.8, 4) is 0 Å². The van der Waals surface area contributed by atoms with Crippen molar-refractivity contribution >= 4 is 0 Å². The van der Waals surface area contributed by atoms with E-state index in [0.29, 0.717) is 12.0 Å². The highest BCUT2D eigenvalue weighted by atomic mass is 16.3. The third-order valence-corrected chi connectivity index (χ3v) is 3.38. The van der Waals surface area contributed by atoms with Crippen molar-refractivity contribution in [1.29, 1.82) is 0 Å². The van der Waals surface area contributed by atoms with Gasteiger partial charge in [0.2, 0.25) is 0 Å². The van der Waals surface area contributed by atoms with Gasteiger partial charge in [0.05, 0.1) is 6.10 Å². The van der Waals surface area contributed by atoms with Crippen molar-refractivity contribution < 1.29 is 5.11 Å². The first-order valence-electron chi connectivity index (χ1n) is 5.39. The van der Waals surface area contributed by atoms with E-state index < -0.39 is 0 Å². The smallest absolute Gasteiger partial charge is 0.0733 e. The van der Waals surface area contributed by atoms with Crippen LogP contribution < -0.4 is 10.6 Å². The Morgan fingerprint density at radius 1 is 1.38 bits per heavy atom. The molecular weight excluding hydrogens is 164 g/mol. The van der Waals surface area contributed by atoms with Crippen LogP contribution in [0.4, 0.5) is 0 Å². The maximum atomic E-state index is 10.1. The van der Waals surface area contributed by atoms with Crippen LogP contribution in [0.15, 0.2) is 0 Å². The molecule has 0 aromatic rings. The number of aliphatic hydroxyl groups excluding tert-OH is 1. The Kier molecular flexibility index (Phi) is 2.86. The zero-order valence-electron chi connectivity index (χ0n) is 8.29. The molecule has 2 saturated heterocycles. The lowest BCUT2D eigenvalue weighted by Gasteiger charge is -2.23. The number of rotatable bonds is 2. The number of nitrogens with one attached hydrogen (secondary N) is 2. The van der Waals surface area contributed by atoms with E-state index in [1.54, 1.807) is 0 Å². The molecule has 0 aliphatic carbocycles. The molecule has 3 heteroatoms. The van der Waals surface area contributed by atoms with Crippen LogP contribution in [0.2, 0.25) is 0 Å². The van der Waals surface area contributed by atoms with Crippen LogP contribution in [0.5, 0.6) is 0 Å². The molecule has 2 aliphatic rings. The molecule has 0 bridgehead atoms. The summed E-state index contributed by atoms with van der Waals surface area (Å²) in [6, 6.07) is 0.347. The summed E-state index contributed by atoms with van der Waals surface area (Å²) in [5.41, 5.74) is 0. The third-order valence-electron chi connectivity index (χ3n) is 3.38. The van der Waals surface area contributed by atoms with Crippen LogP contribution >= 0.6 is 0 Å². The second-order valence-corrected chi connectivity index (χ2v) is 4.60. The Hall–Kier alpha value is -0.120. The summed E-state index contributed by atoms with van der Waals surface area (Å²) in [5, 5.41) is 16.8. The number of hydrogen-bond acceptors (Lipinski definition) is 3. The molecule has 0 unspecified atom stereocenters. The van der Waals surface area contributed by atoms with E-state index in [9.17, 15) is 5.11 Å². The van der Waals surface area contributed by atoms with Gasteiger partial charge in [-0.05, 0) is 31.8 Å². The van der Waals surface area contributed by atoms with E-state index in [-0.39, 0.29) is 6.10 Å². The highest BCUT2D eigenvalue weighted by Gasteiger charge is 2.33. The van der Waals surface area contributed by atoms with Crippen LogP contribution in [-0.4, -0.2) is 36.9 Å². The Morgan fingerprint density at radius 2 is 2.23 bits per heavy atom. The maximum absolute atomic E-state index is 10.1. The lowest BCUT2D eigenvalue weighted by molar-refractivity contribution is 0.0823. The van der Waals surface area contributed by atoms with Gasteiger partial charge in [-0.1, -0.05) is 6.92 Å². The van der Waals surface area contributed by atoms with Crippen LogP contribution in [0, 0.1) is 11.8 Å². The van der Waals surface area contributed by atoms with Crippen LogP contribution in [-0.2, 0) is 0 Å². The van der Waals surface area contributed by atoms with Gasteiger partial charge in [0.25, 0.3) is 0 Å². The molecule has 2 aliphatic heterocycles. The Balaban J connectivity index is 1.85. The maximum Gasteiger partial charge on any atom is 0.0733 e. The lowest BCUT2D eigenvalue weighted by Crippen LogP contribution is -2.40.